The average molecular weight is 500 g/mol. The van der Waals surface area contributed by atoms with E-state index in [9.17, 15) is 9.59 Å². The molecule has 2 aromatic heterocycles. The number of rotatable bonds is 11. The number of nitrogens with one attached hydrogen (secondary N) is 4. The van der Waals surface area contributed by atoms with Crippen molar-refractivity contribution in [2.75, 3.05) is 36.8 Å². The lowest BCUT2D eigenvalue weighted by atomic mass is 10.2. The smallest absolute Gasteiger partial charge is 0.273 e. The molecule has 0 bridgehead atoms. The molecule has 0 aliphatic heterocycles. The molecule has 4 aromatic rings. The second-order valence-electron chi connectivity index (χ2n) is 8.18. The van der Waals surface area contributed by atoms with Crippen LogP contribution in [0.15, 0.2) is 66.7 Å². The largest absolute Gasteiger partial charge is 0.368 e. The summed E-state index contributed by atoms with van der Waals surface area (Å²) in [4.78, 5) is 34.5. The number of aryl methyl sites for hydroxylation is 1. The van der Waals surface area contributed by atoms with Crippen molar-refractivity contribution in [2.45, 2.75) is 13.8 Å². The van der Waals surface area contributed by atoms with Gasteiger partial charge in [0.2, 0.25) is 5.91 Å². The lowest BCUT2D eigenvalue weighted by Gasteiger charge is -2.12. The monoisotopic (exact) mass is 499 g/mol. The highest BCUT2D eigenvalue weighted by Gasteiger charge is 2.16. The molecule has 2 heterocycles. The summed E-state index contributed by atoms with van der Waals surface area (Å²) in [5, 5.41) is 20.8. The fourth-order valence-corrected chi connectivity index (χ4v) is 3.49. The van der Waals surface area contributed by atoms with E-state index in [1.54, 1.807) is 13.0 Å². The zero-order chi connectivity index (χ0) is 26.0. The molecule has 2 aromatic carbocycles. The minimum Gasteiger partial charge on any atom is -0.368 e. The molecule has 0 fully saturated rings. The molecular weight excluding hydrogens is 470 g/mol. The first kappa shape index (κ1) is 25.3. The SMILES string of the molecule is CC(=O)NCCNc1cc(NCCNC(=O)c2nn(-c3ccccc3)nc2C)nc(-c2ccccc2)n1. The van der Waals surface area contributed by atoms with Crippen molar-refractivity contribution >= 4 is 23.5 Å². The molecular formula is C26H29N9O2. The van der Waals surface area contributed by atoms with Crippen molar-refractivity contribution in [1.29, 1.82) is 0 Å². The van der Waals surface area contributed by atoms with Crippen molar-refractivity contribution < 1.29 is 9.59 Å². The van der Waals surface area contributed by atoms with Crippen molar-refractivity contribution in [3.63, 3.8) is 0 Å². The molecule has 0 atom stereocenters. The van der Waals surface area contributed by atoms with Gasteiger partial charge in [0.15, 0.2) is 11.5 Å². The molecule has 4 N–H and O–H groups in total. The Hall–Kier alpha value is -4.80. The predicted octanol–water partition coefficient (Wildman–Crippen LogP) is 2.42. The van der Waals surface area contributed by atoms with Crippen LogP contribution in [-0.2, 0) is 4.79 Å². The van der Waals surface area contributed by atoms with Gasteiger partial charge < -0.3 is 21.3 Å². The summed E-state index contributed by atoms with van der Waals surface area (Å²) in [6, 6.07) is 20.9. The summed E-state index contributed by atoms with van der Waals surface area (Å²) >= 11 is 0. The molecule has 2 amide bonds. The number of carbonyl (C=O) groups is 2. The highest BCUT2D eigenvalue weighted by atomic mass is 16.2. The van der Waals surface area contributed by atoms with Gasteiger partial charge >= 0.3 is 0 Å². The summed E-state index contributed by atoms with van der Waals surface area (Å²) in [6.07, 6.45) is 0. The van der Waals surface area contributed by atoms with Gasteiger partial charge in [-0.05, 0) is 19.1 Å². The lowest BCUT2D eigenvalue weighted by Crippen LogP contribution is -2.30. The quantitative estimate of drug-likeness (QED) is 0.231. The second kappa shape index (κ2) is 12.2. The third kappa shape index (κ3) is 7.10. The fourth-order valence-electron chi connectivity index (χ4n) is 3.49. The van der Waals surface area contributed by atoms with Crippen LogP contribution in [0.4, 0.5) is 11.6 Å². The Morgan fingerprint density at radius 3 is 2.00 bits per heavy atom. The molecule has 0 saturated heterocycles. The van der Waals surface area contributed by atoms with Crippen LogP contribution in [0.2, 0.25) is 0 Å². The van der Waals surface area contributed by atoms with Gasteiger partial charge in [0, 0.05) is 44.7 Å². The predicted molar refractivity (Wildman–Crippen MR) is 142 cm³/mol. The Kier molecular flexibility index (Phi) is 8.37. The maximum Gasteiger partial charge on any atom is 0.273 e. The van der Waals surface area contributed by atoms with Gasteiger partial charge in [0.05, 0.1) is 11.4 Å². The van der Waals surface area contributed by atoms with E-state index in [0.29, 0.717) is 49.3 Å². The molecule has 0 aliphatic rings. The molecule has 0 radical (unpaired) electrons. The Morgan fingerprint density at radius 2 is 1.38 bits per heavy atom. The summed E-state index contributed by atoms with van der Waals surface area (Å²) in [5.74, 6) is 1.41. The number of anilines is 2. The summed E-state index contributed by atoms with van der Waals surface area (Å²) < 4.78 is 0. The van der Waals surface area contributed by atoms with Crippen LogP contribution in [0.5, 0.6) is 0 Å². The first-order chi connectivity index (χ1) is 18.0. The van der Waals surface area contributed by atoms with Crippen LogP contribution in [0, 0.1) is 6.92 Å². The lowest BCUT2D eigenvalue weighted by molar-refractivity contribution is -0.118. The van der Waals surface area contributed by atoms with E-state index in [-0.39, 0.29) is 17.5 Å². The van der Waals surface area contributed by atoms with Crippen LogP contribution in [-0.4, -0.2) is 63.0 Å². The van der Waals surface area contributed by atoms with Gasteiger partial charge in [-0.2, -0.15) is 9.90 Å². The van der Waals surface area contributed by atoms with Crippen molar-refractivity contribution in [2.24, 2.45) is 0 Å². The van der Waals surface area contributed by atoms with E-state index in [2.05, 4.69) is 41.4 Å². The van der Waals surface area contributed by atoms with Gasteiger partial charge in [-0.25, -0.2) is 9.97 Å². The standard InChI is InChI=1S/C26H29N9O2/c1-18-24(34-35(33-18)21-11-7-4-8-12-21)26(37)30-16-15-29-23-17-22(28-14-13-27-19(2)36)31-25(32-23)20-9-5-3-6-10-20/h3-12,17H,13-16H2,1-2H3,(H,27,36)(H,30,37)(H2,28,29,31,32). The average Bonchev–Trinajstić information content (AvgIpc) is 3.31. The minimum absolute atomic E-state index is 0.0864. The number of amides is 2. The zero-order valence-electron chi connectivity index (χ0n) is 20.7. The van der Waals surface area contributed by atoms with Crippen molar-refractivity contribution in [1.82, 2.24) is 35.6 Å². The highest BCUT2D eigenvalue weighted by Crippen LogP contribution is 2.20. The van der Waals surface area contributed by atoms with Crippen LogP contribution >= 0.6 is 0 Å². The summed E-state index contributed by atoms with van der Waals surface area (Å²) in [6.45, 7) is 5.02. The number of hydrogen-bond acceptors (Lipinski definition) is 8. The summed E-state index contributed by atoms with van der Waals surface area (Å²) in [7, 11) is 0. The van der Waals surface area contributed by atoms with E-state index in [1.165, 1.54) is 11.7 Å². The van der Waals surface area contributed by atoms with E-state index in [0.717, 1.165) is 11.3 Å². The molecule has 0 aliphatic carbocycles. The molecule has 11 nitrogen and oxygen atoms in total. The Bertz CT molecular complexity index is 1340. The maximum atomic E-state index is 12.7. The molecule has 37 heavy (non-hydrogen) atoms. The number of benzene rings is 2. The first-order valence-corrected chi connectivity index (χ1v) is 11.9. The topological polar surface area (TPSA) is 139 Å². The molecule has 0 saturated carbocycles. The second-order valence-corrected chi connectivity index (χ2v) is 8.18. The van der Waals surface area contributed by atoms with Crippen LogP contribution in [0.1, 0.15) is 23.1 Å². The van der Waals surface area contributed by atoms with Gasteiger partial charge in [0.1, 0.15) is 11.6 Å². The Labute approximate surface area is 214 Å². The van der Waals surface area contributed by atoms with E-state index >= 15 is 0 Å². The third-order valence-corrected chi connectivity index (χ3v) is 5.26. The summed E-state index contributed by atoms with van der Waals surface area (Å²) in [5.41, 5.74) is 2.49. The first-order valence-electron chi connectivity index (χ1n) is 11.9. The van der Waals surface area contributed by atoms with Gasteiger partial charge in [-0.1, -0.05) is 48.5 Å². The number of carbonyl (C=O) groups excluding carboxylic acids is 2. The molecule has 4 rings (SSSR count). The van der Waals surface area contributed by atoms with E-state index in [1.807, 2.05) is 60.7 Å². The van der Waals surface area contributed by atoms with Crippen molar-refractivity contribution in [3.8, 4) is 17.1 Å². The van der Waals surface area contributed by atoms with Crippen LogP contribution in [0.3, 0.4) is 0 Å². The molecule has 190 valence electrons. The Balaban J connectivity index is 1.37. The highest BCUT2D eigenvalue weighted by molar-refractivity contribution is 5.93. The minimum atomic E-state index is -0.297. The maximum absolute atomic E-state index is 12.7. The Morgan fingerprint density at radius 1 is 0.784 bits per heavy atom. The zero-order valence-corrected chi connectivity index (χ0v) is 20.7. The van der Waals surface area contributed by atoms with Crippen LogP contribution < -0.4 is 21.3 Å². The van der Waals surface area contributed by atoms with Crippen molar-refractivity contribution in [3.05, 3.63) is 78.1 Å². The number of nitrogens with zero attached hydrogens (tertiary/aromatic N) is 5. The molecule has 0 spiro atoms. The van der Waals surface area contributed by atoms with Crippen LogP contribution in [0.25, 0.3) is 17.1 Å². The van der Waals surface area contributed by atoms with Gasteiger partial charge in [-0.3, -0.25) is 9.59 Å². The third-order valence-electron chi connectivity index (χ3n) is 5.26. The van der Waals surface area contributed by atoms with E-state index in [4.69, 9.17) is 0 Å². The van der Waals surface area contributed by atoms with E-state index < -0.39 is 0 Å². The number of para-hydroxylation sites is 1. The number of hydrogen-bond donors (Lipinski definition) is 4. The molecule has 0 unspecified atom stereocenters. The fraction of sp³-hybridized carbons (Fsp3) is 0.231. The normalized spacial score (nSPS) is 10.5. The van der Waals surface area contributed by atoms with Gasteiger partial charge in [-0.15, -0.1) is 5.10 Å². The molecule has 11 heteroatoms. The van der Waals surface area contributed by atoms with Gasteiger partial charge in [0.25, 0.3) is 5.91 Å². The number of aromatic nitrogens is 5.